The van der Waals surface area contributed by atoms with Crippen molar-refractivity contribution in [3.05, 3.63) is 24.3 Å². The maximum Gasteiger partial charge on any atom is 0.331 e. The van der Waals surface area contributed by atoms with Crippen molar-refractivity contribution in [2.75, 3.05) is 0 Å². The van der Waals surface area contributed by atoms with Gasteiger partial charge in [-0.2, -0.15) is 0 Å². The van der Waals surface area contributed by atoms with Crippen molar-refractivity contribution in [1.82, 2.24) is 0 Å². The van der Waals surface area contributed by atoms with E-state index in [-0.39, 0.29) is 12.2 Å². The van der Waals surface area contributed by atoms with Crippen LogP contribution in [0.3, 0.4) is 0 Å². The zero-order chi connectivity index (χ0) is 19.1. The Hall–Kier alpha value is -2.64. The number of carboxylic acid groups (broad SMARTS) is 2. The molecule has 0 aromatic carbocycles. The molecule has 0 heterocycles. The van der Waals surface area contributed by atoms with E-state index in [0.717, 1.165) is 25.0 Å². The number of hydrogen-bond acceptors (Lipinski definition) is 6. The van der Waals surface area contributed by atoms with Crippen LogP contribution in [0.4, 0.5) is 0 Å². The summed E-state index contributed by atoms with van der Waals surface area (Å²) >= 11 is 0. The summed E-state index contributed by atoms with van der Waals surface area (Å²) in [5.41, 5.74) is 0. The minimum Gasteiger partial charge on any atom is -0.478 e. The fourth-order valence-corrected chi connectivity index (χ4v) is 0.920. The monoisotopic (exact) mass is 344 g/mol. The molecule has 0 aromatic rings. The first-order chi connectivity index (χ1) is 11.1. The summed E-state index contributed by atoms with van der Waals surface area (Å²) < 4.78 is 9.90. The van der Waals surface area contributed by atoms with Crippen LogP contribution >= 0.6 is 0 Å². The second-order valence-corrected chi connectivity index (χ2v) is 4.65. The molecule has 24 heavy (non-hydrogen) atoms. The van der Waals surface area contributed by atoms with Crippen molar-refractivity contribution < 1.29 is 38.9 Å². The minimum atomic E-state index is -1.26. The Balaban J connectivity index is 0. The third-order valence-electron chi connectivity index (χ3n) is 2.51. The smallest absolute Gasteiger partial charge is 0.331 e. The van der Waals surface area contributed by atoms with E-state index in [9.17, 15) is 19.2 Å². The van der Waals surface area contributed by atoms with Crippen LogP contribution in [0.15, 0.2) is 24.3 Å². The van der Waals surface area contributed by atoms with Crippen LogP contribution in [0.2, 0.25) is 0 Å². The molecule has 0 aliphatic rings. The maximum absolute atomic E-state index is 11.2. The van der Waals surface area contributed by atoms with Crippen molar-refractivity contribution in [3.8, 4) is 0 Å². The molecule has 2 unspecified atom stereocenters. The summed E-state index contributed by atoms with van der Waals surface area (Å²) in [4.78, 5) is 41.4. The van der Waals surface area contributed by atoms with Crippen molar-refractivity contribution in [2.45, 2.75) is 52.7 Å². The van der Waals surface area contributed by atoms with Crippen molar-refractivity contribution in [2.24, 2.45) is 0 Å². The Morgan fingerprint density at radius 3 is 1.25 bits per heavy atom. The molecule has 8 heteroatoms. The predicted octanol–water partition coefficient (Wildman–Crippen LogP) is 1.94. The molecule has 0 rings (SSSR count). The zero-order valence-corrected chi connectivity index (χ0v) is 14.2. The van der Waals surface area contributed by atoms with E-state index < -0.39 is 23.9 Å². The summed E-state index contributed by atoms with van der Waals surface area (Å²) in [5.74, 6) is -3.55. The lowest BCUT2D eigenvalue weighted by atomic mass is 10.3. The highest BCUT2D eigenvalue weighted by Gasteiger charge is 2.07. The quantitative estimate of drug-likeness (QED) is 0.505. The minimum absolute atomic E-state index is 0.136. The molecule has 0 amide bonds. The molecule has 0 aliphatic carbocycles. The summed E-state index contributed by atoms with van der Waals surface area (Å²) in [6.07, 6.45) is 4.53. The molecule has 136 valence electrons. The van der Waals surface area contributed by atoms with Crippen LogP contribution in [-0.2, 0) is 28.7 Å². The molecule has 0 aliphatic heterocycles. The fraction of sp³-hybridized carbons (Fsp3) is 0.500. The Morgan fingerprint density at radius 2 is 1.04 bits per heavy atom. The van der Waals surface area contributed by atoms with Gasteiger partial charge in [-0.3, -0.25) is 0 Å². The Kier molecular flexibility index (Phi) is 13.8. The Labute approximate surface area is 140 Å². The molecule has 2 atom stereocenters. The van der Waals surface area contributed by atoms with Crippen LogP contribution in [0.5, 0.6) is 0 Å². The van der Waals surface area contributed by atoms with E-state index in [1.54, 1.807) is 13.8 Å². The molecule has 0 spiro atoms. The second-order valence-electron chi connectivity index (χ2n) is 4.65. The highest BCUT2D eigenvalue weighted by atomic mass is 16.5. The largest absolute Gasteiger partial charge is 0.478 e. The highest BCUT2D eigenvalue weighted by Crippen LogP contribution is 1.99. The van der Waals surface area contributed by atoms with Crippen LogP contribution in [0, 0.1) is 0 Å². The van der Waals surface area contributed by atoms with Gasteiger partial charge in [-0.15, -0.1) is 0 Å². The molecule has 0 saturated carbocycles. The van der Waals surface area contributed by atoms with Crippen LogP contribution in [0.1, 0.15) is 40.5 Å². The number of carbonyl (C=O) groups is 4. The van der Waals surface area contributed by atoms with E-state index in [0.29, 0.717) is 12.2 Å². The van der Waals surface area contributed by atoms with Gasteiger partial charge >= 0.3 is 23.9 Å². The number of carboxylic acids is 2. The standard InChI is InChI=1S/C12H20O4.C4H4O4/c1-5-9(3)15-11(13)7-8-12(14)16-10(4)6-2;5-3(6)1-2-4(7)8/h7-10H,5-6H2,1-4H3;1-2H,(H,5,6)(H,7,8). The van der Waals surface area contributed by atoms with Gasteiger partial charge in [0.2, 0.25) is 0 Å². The number of aliphatic carboxylic acids is 2. The van der Waals surface area contributed by atoms with E-state index in [1.807, 2.05) is 13.8 Å². The molecule has 0 aromatic heterocycles. The van der Waals surface area contributed by atoms with E-state index in [4.69, 9.17) is 19.7 Å². The predicted molar refractivity (Wildman–Crippen MR) is 85.2 cm³/mol. The number of rotatable bonds is 8. The topological polar surface area (TPSA) is 127 Å². The number of esters is 2. The molecule has 0 bridgehead atoms. The molecule has 0 fully saturated rings. The number of ether oxygens (including phenoxy) is 2. The van der Waals surface area contributed by atoms with Gasteiger partial charge < -0.3 is 19.7 Å². The molecule has 0 radical (unpaired) electrons. The van der Waals surface area contributed by atoms with Gasteiger partial charge in [-0.1, -0.05) is 13.8 Å². The summed E-state index contributed by atoms with van der Waals surface area (Å²) in [5, 5.41) is 15.6. The van der Waals surface area contributed by atoms with E-state index in [2.05, 4.69) is 0 Å². The number of hydrogen-bond donors (Lipinski definition) is 2. The summed E-state index contributed by atoms with van der Waals surface area (Å²) in [6.45, 7) is 7.42. The van der Waals surface area contributed by atoms with Crippen molar-refractivity contribution in [1.29, 1.82) is 0 Å². The average Bonchev–Trinajstić information content (AvgIpc) is 2.51. The lowest BCUT2D eigenvalue weighted by Crippen LogP contribution is -2.14. The molecule has 2 N–H and O–H groups in total. The number of carbonyl (C=O) groups excluding carboxylic acids is 2. The molecular weight excluding hydrogens is 320 g/mol. The first-order valence-corrected chi connectivity index (χ1v) is 7.35. The van der Waals surface area contributed by atoms with Gasteiger partial charge in [0.15, 0.2) is 0 Å². The van der Waals surface area contributed by atoms with Crippen molar-refractivity contribution in [3.63, 3.8) is 0 Å². The first kappa shape index (κ1) is 23.6. The van der Waals surface area contributed by atoms with Crippen LogP contribution in [-0.4, -0.2) is 46.3 Å². The maximum atomic E-state index is 11.2. The summed E-state index contributed by atoms with van der Waals surface area (Å²) in [7, 11) is 0. The molecule has 8 nitrogen and oxygen atoms in total. The summed E-state index contributed by atoms with van der Waals surface area (Å²) in [6, 6.07) is 0. The van der Waals surface area contributed by atoms with E-state index in [1.165, 1.54) is 0 Å². The first-order valence-electron chi connectivity index (χ1n) is 7.35. The SMILES string of the molecule is CCC(C)OC(=O)C=CC(=O)OC(C)CC.O=C(O)C=CC(=O)O. The fourth-order valence-electron chi connectivity index (χ4n) is 0.920. The van der Waals surface area contributed by atoms with Crippen molar-refractivity contribution >= 4 is 23.9 Å². The Morgan fingerprint density at radius 1 is 0.750 bits per heavy atom. The third kappa shape index (κ3) is 17.4. The van der Waals surface area contributed by atoms with Crippen LogP contribution < -0.4 is 0 Å². The Bertz CT molecular complexity index is 436. The third-order valence-corrected chi connectivity index (χ3v) is 2.51. The second kappa shape index (κ2) is 14.0. The van der Waals surface area contributed by atoms with Gasteiger partial charge in [0.1, 0.15) is 0 Å². The van der Waals surface area contributed by atoms with E-state index >= 15 is 0 Å². The lowest BCUT2D eigenvalue weighted by molar-refractivity contribution is -0.145. The molecular formula is C16H24O8. The van der Waals surface area contributed by atoms with Gasteiger partial charge in [0, 0.05) is 24.3 Å². The zero-order valence-electron chi connectivity index (χ0n) is 14.2. The van der Waals surface area contributed by atoms with Crippen LogP contribution in [0.25, 0.3) is 0 Å². The lowest BCUT2D eigenvalue weighted by Gasteiger charge is -2.09. The average molecular weight is 344 g/mol. The van der Waals surface area contributed by atoms with Gasteiger partial charge in [-0.05, 0) is 26.7 Å². The highest BCUT2D eigenvalue weighted by molar-refractivity contribution is 5.91. The molecule has 0 saturated heterocycles. The van der Waals surface area contributed by atoms with Gasteiger partial charge in [0.25, 0.3) is 0 Å². The van der Waals surface area contributed by atoms with Gasteiger partial charge in [0.05, 0.1) is 12.2 Å². The van der Waals surface area contributed by atoms with Gasteiger partial charge in [-0.25, -0.2) is 19.2 Å². The normalized spacial score (nSPS) is 12.8.